The first kappa shape index (κ1) is 13.6. The summed E-state index contributed by atoms with van der Waals surface area (Å²) in [6.07, 6.45) is 1.64. The molecule has 4 N–H and O–H groups in total. The molecule has 0 aromatic carbocycles. The van der Waals surface area contributed by atoms with Crippen LogP contribution in [0.25, 0.3) is 0 Å². The molecular weight excluding hydrogens is 231 g/mol. The topological polar surface area (TPSA) is 98.7 Å². The van der Waals surface area contributed by atoms with Gasteiger partial charge in [0.2, 0.25) is 5.91 Å². The molecule has 0 bridgehead atoms. The smallest absolute Gasteiger partial charge is 0.340 e. The molecule has 0 spiro atoms. The molecule has 1 rings (SSSR count). The maximum Gasteiger partial charge on any atom is 0.347 e. The predicted octanol–water partition coefficient (Wildman–Crippen LogP) is 0.0144. The minimum absolute atomic E-state index is 0.300. The number of rotatable bonds is 4. The minimum Gasteiger partial charge on any atom is -0.340 e. The first-order chi connectivity index (χ1) is 7.32. The van der Waals surface area contributed by atoms with E-state index in [0.717, 1.165) is 19.4 Å². The van der Waals surface area contributed by atoms with Crippen LogP contribution >= 0.6 is 7.60 Å². The van der Waals surface area contributed by atoms with Crippen LogP contribution in [0.5, 0.6) is 0 Å². The number of amides is 1. The van der Waals surface area contributed by atoms with E-state index in [4.69, 9.17) is 9.79 Å². The second kappa shape index (κ2) is 5.27. The number of carbonyl (C=O) groups is 1. The molecule has 1 aliphatic rings. The molecular formula is C9H19N2O4P. The Morgan fingerprint density at radius 2 is 2.12 bits per heavy atom. The molecule has 2 atom stereocenters. The average molecular weight is 250 g/mol. The van der Waals surface area contributed by atoms with E-state index >= 15 is 0 Å². The van der Waals surface area contributed by atoms with Crippen LogP contribution in [0.2, 0.25) is 0 Å². The van der Waals surface area contributed by atoms with Crippen LogP contribution in [0, 0.1) is 5.92 Å². The summed E-state index contributed by atoms with van der Waals surface area (Å²) < 4.78 is 11.2. The van der Waals surface area contributed by atoms with Gasteiger partial charge in [0, 0.05) is 0 Å². The standard InChI is InChI=1S/C9H19N2O4P/c1-6(2)9(16(13,14)15)11-8(12)7-4-3-5-10-7/h6-7,9-10H,3-5H2,1-2H3,(H,11,12)(H2,13,14,15)/t7-,9-/m1/s1. The summed E-state index contributed by atoms with van der Waals surface area (Å²) in [5, 5.41) is 5.42. The Labute approximate surface area is 95.0 Å². The van der Waals surface area contributed by atoms with Gasteiger partial charge < -0.3 is 20.4 Å². The van der Waals surface area contributed by atoms with Crippen LogP contribution in [0.1, 0.15) is 26.7 Å². The van der Waals surface area contributed by atoms with Gasteiger partial charge in [0.1, 0.15) is 5.78 Å². The van der Waals surface area contributed by atoms with E-state index in [2.05, 4.69) is 10.6 Å². The minimum atomic E-state index is -4.29. The Balaban J connectivity index is 2.61. The molecule has 1 amide bonds. The summed E-state index contributed by atoms with van der Waals surface area (Å²) in [5.41, 5.74) is 0. The zero-order chi connectivity index (χ0) is 12.3. The summed E-state index contributed by atoms with van der Waals surface area (Å²) in [6, 6.07) is -0.312. The summed E-state index contributed by atoms with van der Waals surface area (Å²) >= 11 is 0. The number of carbonyl (C=O) groups excluding carboxylic acids is 1. The molecule has 94 valence electrons. The third kappa shape index (κ3) is 3.56. The van der Waals surface area contributed by atoms with Gasteiger partial charge in [-0.3, -0.25) is 9.36 Å². The van der Waals surface area contributed by atoms with Gasteiger partial charge in [0.15, 0.2) is 0 Å². The Morgan fingerprint density at radius 3 is 2.50 bits per heavy atom. The predicted molar refractivity (Wildman–Crippen MR) is 59.8 cm³/mol. The molecule has 1 aliphatic heterocycles. The molecule has 0 aromatic heterocycles. The molecule has 1 fully saturated rings. The molecule has 1 heterocycles. The summed E-state index contributed by atoms with van der Waals surface area (Å²) in [7, 11) is -4.29. The molecule has 6 nitrogen and oxygen atoms in total. The van der Waals surface area contributed by atoms with Gasteiger partial charge in [0.05, 0.1) is 6.04 Å². The van der Waals surface area contributed by atoms with Crippen LogP contribution in [-0.2, 0) is 9.36 Å². The lowest BCUT2D eigenvalue weighted by Gasteiger charge is -2.24. The maximum absolute atomic E-state index is 11.7. The Kier molecular flexibility index (Phi) is 4.50. The van der Waals surface area contributed by atoms with Crippen LogP contribution in [0.3, 0.4) is 0 Å². The highest BCUT2D eigenvalue weighted by atomic mass is 31.2. The van der Waals surface area contributed by atoms with E-state index in [1.54, 1.807) is 13.8 Å². The largest absolute Gasteiger partial charge is 0.347 e. The van der Waals surface area contributed by atoms with Gasteiger partial charge in [-0.05, 0) is 25.3 Å². The fourth-order valence-electron chi connectivity index (χ4n) is 1.79. The van der Waals surface area contributed by atoms with E-state index in [0.29, 0.717) is 0 Å². The van der Waals surface area contributed by atoms with Gasteiger partial charge in [-0.1, -0.05) is 13.8 Å². The highest BCUT2D eigenvalue weighted by Crippen LogP contribution is 2.43. The van der Waals surface area contributed by atoms with Crippen molar-refractivity contribution < 1.29 is 19.1 Å². The Hall–Kier alpha value is -0.420. The highest BCUT2D eigenvalue weighted by molar-refractivity contribution is 7.52. The zero-order valence-electron chi connectivity index (χ0n) is 9.51. The van der Waals surface area contributed by atoms with Crippen molar-refractivity contribution in [2.24, 2.45) is 5.92 Å². The molecule has 0 aromatic rings. The Bertz CT molecular complexity index is 296. The third-order valence-electron chi connectivity index (χ3n) is 2.66. The summed E-state index contributed by atoms with van der Waals surface area (Å²) in [6.45, 7) is 4.12. The van der Waals surface area contributed by atoms with Crippen LogP contribution in [-0.4, -0.2) is 34.1 Å². The van der Waals surface area contributed by atoms with Gasteiger partial charge in [0.25, 0.3) is 0 Å². The van der Waals surface area contributed by atoms with Crippen molar-refractivity contribution in [3.63, 3.8) is 0 Å². The molecule has 0 unspecified atom stereocenters. The average Bonchev–Trinajstić information content (AvgIpc) is 2.63. The fourth-order valence-corrected chi connectivity index (χ4v) is 2.87. The molecule has 0 saturated carbocycles. The van der Waals surface area contributed by atoms with E-state index in [9.17, 15) is 9.36 Å². The SMILES string of the molecule is CC(C)[C@H](NC(=O)[C@H]1CCCN1)P(=O)(O)O. The van der Waals surface area contributed by atoms with Gasteiger partial charge in [-0.15, -0.1) is 0 Å². The van der Waals surface area contributed by atoms with Gasteiger partial charge in [-0.2, -0.15) is 0 Å². The third-order valence-corrected chi connectivity index (χ3v) is 4.11. The lowest BCUT2D eigenvalue weighted by Crippen LogP contribution is -2.46. The molecule has 0 radical (unpaired) electrons. The van der Waals surface area contributed by atoms with Gasteiger partial charge >= 0.3 is 7.60 Å². The van der Waals surface area contributed by atoms with Crippen molar-refractivity contribution >= 4 is 13.5 Å². The quantitative estimate of drug-likeness (QED) is 0.527. The number of hydrogen-bond donors (Lipinski definition) is 4. The monoisotopic (exact) mass is 250 g/mol. The van der Waals surface area contributed by atoms with Crippen LogP contribution in [0.15, 0.2) is 0 Å². The zero-order valence-corrected chi connectivity index (χ0v) is 10.4. The summed E-state index contributed by atoms with van der Waals surface area (Å²) in [5.74, 6) is -1.71. The first-order valence-corrected chi connectivity index (χ1v) is 7.09. The van der Waals surface area contributed by atoms with E-state index < -0.39 is 13.4 Å². The lowest BCUT2D eigenvalue weighted by molar-refractivity contribution is -0.123. The van der Waals surface area contributed by atoms with Crippen molar-refractivity contribution in [2.45, 2.75) is 38.5 Å². The number of nitrogens with one attached hydrogen (secondary N) is 2. The van der Waals surface area contributed by atoms with Crippen molar-refractivity contribution in [2.75, 3.05) is 6.54 Å². The normalized spacial score (nSPS) is 23.4. The van der Waals surface area contributed by atoms with Gasteiger partial charge in [-0.25, -0.2) is 0 Å². The first-order valence-electron chi connectivity index (χ1n) is 5.41. The van der Waals surface area contributed by atoms with Crippen LogP contribution in [0.4, 0.5) is 0 Å². The van der Waals surface area contributed by atoms with Crippen molar-refractivity contribution in [1.82, 2.24) is 10.6 Å². The lowest BCUT2D eigenvalue weighted by atomic mass is 10.2. The van der Waals surface area contributed by atoms with Crippen molar-refractivity contribution in [1.29, 1.82) is 0 Å². The van der Waals surface area contributed by atoms with Crippen LogP contribution < -0.4 is 10.6 Å². The number of hydrogen-bond acceptors (Lipinski definition) is 3. The second-order valence-corrected chi connectivity index (χ2v) is 6.17. The maximum atomic E-state index is 11.7. The van der Waals surface area contributed by atoms with E-state index in [-0.39, 0.29) is 17.9 Å². The molecule has 1 saturated heterocycles. The van der Waals surface area contributed by atoms with E-state index in [1.165, 1.54) is 0 Å². The van der Waals surface area contributed by atoms with Crippen molar-refractivity contribution in [3.05, 3.63) is 0 Å². The molecule has 16 heavy (non-hydrogen) atoms. The Morgan fingerprint density at radius 1 is 1.50 bits per heavy atom. The molecule has 7 heteroatoms. The second-order valence-electron chi connectivity index (χ2n) is 4.44. The molecule has 0 aliphatic carbocycles. The fraction of sp³-hybridized carbons (Fsp3) is 0.889. The van der Waals surface area contributed by atoms with E-state index in [1.807, 2.05) is 0 Å². The summed E-state index contributed by atoms with van der Waals surface area (Å²) in [4.78, 5) is 29.9. The van der Waals surface area contributed by atoms with Crippen molar-refractivity contribution in [3.8, 4) is 0 Å². The highest BCUT2D eigenvalue weighted by Gasteiger charge is 2.35.